The third-order valence-electron chi connectivity index (χ3n) is 5.42. The van der Waals surface area contributed by atoms with Crippen molar-refractivity contribution in [2.75, 3.05) is 19.3 Å². The molecule has 1 atom stereocenters. The number of sulfonamides is 1. The molecule has 2 aliphatic rings. The van der Waals surface area contributed by atoms with Crippen LogP contribution in [0.25, 0.3) is 10.9 Å². The number of rotatable bonds is 3. The number of benzene rings is 1. The fraction of sp³-hybridized carbons (Fsp3) is 0.471. The summed E-state index contributed by atoms with van der Waals surface area (Å²) < 4.78 is 25.5. The number of nitrogens with zero attached hydrogens (tertiary/aromatic N) is 1. The van der Waals surface area contributed by atoms with Crippen molar-refractivity contribution in [1.82, 2.24) is 14.6 Å². The third-order valence-corrected chi connectivity index (χ3v) is 6.13. The predicted octanol–water partition coefficient (Wildman–Crippen LogP) is 1.71. The lowest BCUT2D eigenvalue weighted by Crippen LogP contribution is -2.41. The summed E-state index contributed by atoms with van der Waals surface area (Å²) >= 11 is 0. The lowest BCUT2D eigenvalue weighted by molar-refractivity contribution is 0.0676. The van der Waals surface area contributed by atoms with Crippen LogP contribution in [-0.4, -0.2) is 49.6 Å². The van der Waals surface area contributed by atoms with E-state index < -0.39 is 10.0 Å². The molecular weight excluding hydrogens is 326 g/mol. The van der Waals surface area contributed by atoms with Crippen molar-refractivity contribution in [2.24, 2.45) is 5.41 Å². The zero-order valence-corrected chi connectivity index (χ0v) is 14.4. The van der Waals surface area contributed by atoms with Crippen LogP contribution in [0.4, 0.5) is 0 Å². The molecule has 1 unspecified atom stereocenters. The van der Waals surface area contributed by atoms with E-state index in [0.29, 0.717) is 13.1 Å². The van der Waals surface area contributed by atoms with Gasteiger partial charge in [0, 0.05) is 41.8 Å². The summed E-state index contributed by atoms with van der Waals surface area (Å²) in [5, 5.41) is 0.950. The van der Waals surface area contributed by atoms with E-state index in [1.165, 1.54) is 6.26 Å². The lowest BCUT2D eigenvalue weighted by atomic mass is 9.92. The zero-order valence-electron chi connectivity index (χ0n) is 13.6. The Morgan fingerprint density at radius 2 is 2.04 bits per heavy atom. The summed E-state index contributed by atoms with van der Waals surface area (Å²) in [7, 11) is -3.16. The van der Waals surface area contributed by atoms with Crippen molar-refractivity contribution in [3.05, 3.63) is 36.0 Å². The average molecular weight is 347 g/mol. The SMILES string of the molecule is CS(=O)(=O)NC1CC12CCN(C(=O)c1cccc3[nH]ccc13)CC2. The van der Waals surface area contributed by atoms with E-state index in [-0.39, 0.29) is 17.4 Å². The van der Waals surface area contributed by atoms with Crippen molar-refractivity contribution in [3.8, 4) is 0 Å². The fourth-order valence-electron chi connectivity index (χ4n) is 3.92. The number of carbonyl (C=O) groups excluding carboxylic acids is 1. The van der Waals surface area contributed by atoms with Crippen molar-refractivity contribution >= 4 is 26.8 Å². The molecule has 2 fully saturated rings. The maximum atomic E-state index is 12.9. The Morgan fingerprint density at radius 3 is 2.75 bits per heavy atom. The van der Waals surface area contributed by atoms with Crippen LogP contribution in [0.1, 0.15) is 29.6 Å². The highest BCUT2D eigenvalue weighted by Crippen LogP contribution is 2.54. The molecule has 7 heteroatoms. The molecule has 1 aliphatic heterocycles. The second kappa shape index (κ2) is 5.32. The maximum absolute atomic E-state index is 12.9. The highest BCUT2D eigenvalue weighted by molar-refractivity contribution is 7.88. The number of H-pyrrole nitrogens is 1. The summed E-state index contributed by atoms with van der Waals surface area (Å²) in [6.45, 7) is 1.36. The van der Waals surface area contributed by atoms with Gasteiger partial charge in [-0.05, 0) is 42.9 Å². The van der Waals surface area contributed by atoms with Crippen LogP contribution in [0.5, 0.6) is 0 Å². The van der Waals surface area contributed by atoms with Gasteiger partial charge in [0.1, 0.15) is 0 Å². The van der Waals surface area contributed by atoms with Crippen LogP contribution in [-0.2, 0) is 10.0 Å². The highest BCUT2D eigenvalue weighted by atomic mass is 32.2. The van der Waals surface area contributed by atoms with Crippen LogP contribution in [0.15, 0.2) is 30.5 Å². The summed E-state index contributed by atoms with van der Waals surface area (Å²) in [5.74, 6) is 0.0586. The third kappa shape index (κ3) is 2.71. The first-order valence-corrected chi connectivity index (χ1v) is 10.1. The molecule has 1 aliphatic carbocycles. The van der Waals surface area contributed by atoms with E-state index in [4.69, 9.17) is 0 Å². The molecule has 2 heterocycles. The van der Waals surface area contributed by atoms with Gasteiger partial charge in [0.25, 0.3) is 5.91 Å². The molecule has 128 valence electrons. The van der Waals surface area contributed by atoms with Gasteiger partial charge in [-0.2, -0.15) is 0 Å². The number of fused-ring (bicyclic) bond motifs is 1. The van der Waals surface area contributed by atoms with Gasteiger partial charge in [-0.25, -0.2) is 13.1 Å². The second-order valence-electron chi connectivity index (χ2n) is 7.05. The minimum Gasteiger partial charge on any atom is -0.361 e. The molecule has 0 radical (unpaired) electrons. The number of nitrogens with one attached hydrogen (secondary N) is 2. The first kappa shape index (κ1) is 15.7. The summed E-state index contributed by atoms with van der Waals surface area (Å²) in [6.07, 6.45) is 5.65. The quantitative estimate of drug-likeness (QED) is 0.887. The molecule has 6 nitrogen and oxygen atoms in total. The lowest BCUT2D eigenvalue weighted by Gasteiger charge is -2.33. The molecule has 1 amide bonds. The topological polar surface area (TPSA) is 82.3 Å². The molecule has 1 spiro atoms. The largest absolute Gasteiger partial charge is 0.361 e. The Balaban J connectivity index is 1.45. The smallest absolute Gasteiger partial charge is 0.254 e. The highest BCUT2D eigenvalue weighted by Gasteiger charge is 2.56. The van der Waals surface area contributed by atoms with Crippen molar-refractivity contribution < 1.29 is 13.2 Å². The van der Waals surface area contributed by atoms with E-state index >= 15 is 0 Å². The van der Waals surface area contributed by atoms with E-state index in [0.717, 1.165) is 35.7 Å². The Bertz CT molecular complexity index is 895. The Hall–Kier alpha value is -1.86. The number of hydrogen-bond acceptors (Lipinski definition) is 3. The Labute approximate surface area is 141 Å². The normalized spacial score (nSPS) is 22.9. The molecule has 4 rings (SSSR count). The number of likely N-dealkylation sites (tertiary alicyclic amines) is 1. The summed E-state index contributed by atoms with van der Waals surface area (Å²) in [6, 6.07) is 7.69. The molecule has 0 bridgehead atoms. The van der Waals surface area contributed by atoms with Gasteiger partial charge in [-0.3, -0.25) is 4.79 Å². The minimum atomic E-state index is -3.16. The molecule has 1 saturated heterocycles. The Kier molecular flexibility index (Phi) is 3.47. The average Bonchev–Trinajstić information content (AvgIpc) is 2.97. The maximum Gasteiger partial charge on any atom is 0.254 e. The summed E-state index contributed by atoms with van der Waals surface area (Å²) in [5.41, 5.74) is 1.75. The fourth-order valence-corrected chi connectivity index (χ4v) is 4.77. The number of piperidine rings is 1. The van der Waals surface area contributed by atoms with Gasteiger partial charge in [0.2, 0.25) is 10.0 Å². The zero-order chi connectivity index (χ0) is 16.9. The molecule has 2 aromatic rings. The standard InChI is InChI=1S/C17H21N3O3S/c1-24(22,23)19-15-11-17(15)6-9-20(10-7-17)16(21)13-3-2-4-14-12(13)5-8-18-14/h2-5,8,15,18-19H,6-7,9-11H2,1H3. The number of hydrogen-bond donors (Lipinski definition) is 2. The Morgan fingerprint density at radius 1 is 1.29 bits per heavy atom. The number of aromatic nitrogens is 1. The molecular formula is C17H21N3O3S. The van der Waals surface area contributed by atoms with Crippen molar-refractivity contribution in [2.45, 2.75) is 25.3 Å². The van der Waals surface area contributed by atoms with E-state index in [1.807, 2.05) is 35.4 Å². The number of amides is 1. The van der Waals surface area contributed by atoms with Gasteiger partial charge in [0.15, 0.2) is 0 Å². The molecule has 2 N–H and O–H groups in total. The van der Waals surface area contributed by atoms with Crippen molar-refractivity contribution in [3.63, 3.8) is 0 Å². The van der Waals surface area contributed by atoms with Gasteiger partial charge in [0.05, 0.1) is 6.26 Å². The van der Waals surface area contributed by atoms with Crippen LogP contribution in [0, 0.1) is 5.41 Å². The van der Waals surface area contributed by atoms with Crippen molar-refractivity contribution in [1.29, 1.82) is 0 Å². The van der Waals surface area contributed by atoms with Crippen LogP contribution in [0.3, 0.4) is 0 Å². The van der Waals surface area contributed by atoms with Crippen LogP contribution in [0.2, 0.25) is 0 Å². The van der Waals surface area contributed by atoms with Gasteiger partial charge >= 0.3 is 0 Å². The first-order valence-electron chi connectivity index (χ1n) is 8.21. The van der Waals surface area contributed by atoms with E-state index in [2.05, 4.69) is 9.71 Å². The molecule has 1 aromatic carbocycles. The van der Waals surface area contributed by atoms with Crippen LogP contribution >= 0.6 is 0 Å². The van der Waals surface area contributed by atoms with E-state index in [9.17, 15) is 13.2 Å². The van der Waals surface area contributed by atoms with Gasteiger partial charge < -0.3 is 9.88 Å². The first-order chi connectivity index (χ1) is 11.4. The minimum absolute atomic E-state index is 0.0397. The molecule has 24 heavy (non-hydrogen) atoms. The van der Waals surface area contributed by atoms with E-state index in [1.54, 1.807) is 0 Å². The summed E-state index contributed by atoms with van der Waals surface area (Å²) in [4.78, 5) is 17.9. The second-order valence-corrected chi connectivity index (χ2v) is 8.83. The number of carbonyl (C=O) groups is 1. The van der Waals surface area contributed by atoms with Gasteiger partial charge in [-0.15, -0.1) is 0 Å². The number of aromatic amines is 1. The monoisotopic (exact) mass is 347 g/mol. The molecule has 1 saturated carbocycles. The van der Waals surface area contributed by atoms with Crippen LogP contribution < -0.4 is 4.72 Å². The van der Waals surface area contributed by atoms with Gasteiger partial charge in [-0.1, -0.05) is 6.07 Å². The predicted molar refractivity (Wildman–Crippen MR) is 92.3 cm³/mol. The molecule has 1 aromatic heterocycles.